The molecule has 1 saturated heterocycles. The Bertz CT molecular complexity index is 539. The summed E-state index contributed by atoms with van der Waals surface area (Å²) in [6.45, 7) is 7.79. The van der Waals surface area contributed by atoms with Crippen LogP contribution in [0.2, 0.25) is 0 Å². The summed E-state index contributed by atoms with van der Waals surface area (Å²) < 4.78 is 10.5. The summed E-state index contributed by atoms with van der Waals surface area (Å²) >= 11 is 0. The van der Waals surface area contributed by atoms with Crippen molar-refractivity contribution in [2.45, 2.75) is 44.9 Å². The number of carbonyl (C=O) groups excluding carboxylic acids is 1. The summed E-state index contributed by atoms with van der Waals surface area (Å²) in [6, 6.07) is 8.22. The lowest BCUT2D eigenvalue weighted by Gasteiger charge is -2.27. The monoisotopic (exact) mass is 335 g/mol. The maximum atomic E-state index is 11.9. The van der Waals surface area contributed by atoms with Crippen molar-refractivity contribution < 1.29 is 14.3 Å². The molecule has 0 radical (unpaired) electrons. The Labute approximate surface area is 144 Å². The molecule has 2 atom stereocenters. The highest BCUT2D eigenvalue weighted by Gasteiger charge is 2.30. The van der Waals surface area contributed by atoms with Crippen LogP contribution in [0, 0.1) is 0 Å². The van der Waals surface area contributed by atoms with Gasteiger partial charge in [-0.3, -0.25) is 4.90 Å². The molecule has 1 heterocycles. The lowest BCUT2D eigenvalue weighted by molar-refractivity contribution is 0.0504. The number of carbonyl (C=O) groups is 1. The van der Waals surface area contributed by atoms with Gasteiger partial charge in [-0.05, 0) is 44.9 Å². The molecule has 0 aliphatic carbocycles. The maximum Gasteiger partial charge on any atom is 0.407 e. The van der Waals surface area contributed by atoms with Crippen molar-refractivity contribution in [1.29, 1.82) is 0 Å². The highest BCUT2D eigenvalue weighted by molar-refractivity contribution is 5.68. The molecule has 0 unspecified atom stereocenters. The maximum absolute atomic E-state index is 11.9. The Balaban J connectivity index is 1.93. The predicted octanol–water partition coefficient (Wildman–Crippen LogP) is 2.29. The van der Waals surface area contributed by atoms with Gasteiger partial charge in [-0.15, -0.1) is 0 Å². The quantitative estimate of drug-likeness (QED) is 0.863. The standard InChI is InChI=1S/C18H29N3O3/c1-18(2,3)24-17(22)20-14-9-10-21(12-14)16(11-19)13-5-7-15(23-4)8-6-13/h5-8,14,16H,9-12,19H2,1-4H3,(H,20,22)/t14-,16-/m1/s1. The number of nitrogens with two attached hydrogens (primary N) is 1. The molecule has 0 spiro atoms. The fraction of sp³-hybridized carbons (Fsp3) is 0.611. The average Bonchev–Trinajstić information content (AvgIpc) is 2.95. The van der Waals surface area contributed by atoms with Gasteiger partial charge >= 0.3 is 6.09 Å². The molecule has 1 aliphatic rings. The molecule has 1 aromatic rings. The molecular formula is C18H29N3O3. The number of rotatable bonds is 5. The third-order valence-corrected chi connectivity index (χ3v) is 4.11. The van der Waals surface area contributed by atoms with Crippen molar-refractivity contribution in [3.8, 4) is 5.75 Å². The fourth-order valence-electron chi connectivity index (χ4n) is 2.98. The SMILES string of the molecule is COc1ccc([C@@H](CN)N2CC[C@@H](NC(=O)OC(C)(C)C)C2)cc1. The van der Waals surface area contributed by atoms with Gasteiger partial charge in [0.1, 0.15) is 11.4 Å². The molecule has 1 fully saturated rings. The van der Waals surface area contributed by atoms with Gasteiger partial charge in [-0.25, -0.2) is 4.79 Å². The molecule has 1 amide bonds. The number of hydrogen-bond donors (Lipinski definition) is 2. The van der Waals surface area contributed by atoms with Crippen molar-refractivity contribution in [2.24, 2.45) is 5.73 Å². The number of nitrogens with zero attached hydrogens (tertiary/aromatic N) is 1. The minimum Gasteiger partial charge on any atom is -0.497 e. The van der Waals surface area contributed by atoms with E-state index in [0.29, 0.717) is 6.54 Å². The van der Waals surface area contributed by atoms with Crippen LogP contribution in [0.5, 0.6) is 5.75 Å². The number of likely N-dealkylation sites (tertiary alicyclic amines) is 1. The van der Waals surface area contributed by atoms with Crippen LogP contribution < -0.4 is 15.8 Å². The summed E-state index contributed by atoms with van der Waals surface area (Å²) in [5.74, 6) is 0.834. The largest absolute Gasteiger partial charge is 0.497 e. The van der Waals surface area contributed by atoms with Crippen LogP contribution in [0.4, 0.5) is 4.79 Å². The van der Waals surface area contributed by atoms with E-state index >= 15 is 0 Å². The molecule has 134 valence electrons. The second-order valence-corrected chi connectivity index (χ2v) is 7.15. The first kappa shape index (κ1) is 18.5. The Kier molecular flexibility index (Phi) is 6.07. The number of ether oxygens (including phenoxy) is 2. The number of methoxy groups -OCH3 is 1. The Morgan fingerprint density at radius 1 is 1.38 bits per heavy atom. The van der Waals surface area contributed by atoms with Gasteiger partial charge < -0.3 is 20.5 Å². The van der Waals surface area contributed by atoms with E-state index in [9.17, 15) is 4.79 Å². The van der Waals surface area contributed by atoms with E-state index in [2.05, 4.69) is 10.2 Å². The lowest BCUT2D eigenvalue weighted by Crippen LogP contribution is -2.41. The highest BCUT2D eigenvalue weighted by Crippen LogP contribution is 2.26. The van der Waals surface area contributed by atoms with Crippen LogP contribution in [-0.4, -0.2) is 49.4 Å². The van der Waals surface area contributed by atoms with Crippen LogP contribution in [0.1, 0.15) is 38.8 Å². The van der Waals surface area contributed by atoms with Crippen LogP contribution in [0.15, 0.2) is 24.3 Å². The van der Waals surface area contributed by atoms with E-state index in [4.69, 9.17) is 15.2 Å². The second-order valence-electron chi connectivity index (χ2n) is 7.15. The molecule has 6 nitrogen and oxygen atoms in total. The lowest BCUT2D eigenvalue weighted by atomic mass is 10.1. The number of amides is 1. The van der Waals surface area contributed by atoms with Gasteiger partial charge in [0.05, 0.1) is 7.11 Å². The van der Waals surface area contributed by atoms with E-state index in [1.807, 2.05) is 45.0 Å². The number of benzene rings is 1. The number of hydrogen-bond acceptors (Lipinski definition) is 5. The normalized spacial score (nSPS) is 19.8. The first-order valence-electron chi connectivity index (χ1n) is 8.40. The van der Waals surface area contributed by atoms with Gasteiger partial charge in [0.2, 0.25) is 0 Å². The minimum absolute atomic E-state index is 0.0900. The van der Waals surface area contributed by atoms with E-state index < -0.39 is 5.60 Å². The Morgan fingerprint density at radius 3 is 2.58 bits per heavy atom. The summed E-state index contributed by atoms with van der Waals surface area (Å²) in [6.07, 6.45) is 0.536. The second kappa shape index (κ2) is 7.85. The summed E-state index contributed by atoms with van der Waals surface area (Å²) in [5.41, 5.74) is 6.68. The number of nitrogens with one attached hydrogen (secondary N) is 1. The van der Waals surface area contributed by atoms with Gasteiger partial charge in [0.25, 0.3) is 0 Å². The first-order valence-corrected chi connectivity index (χ1v) is 8.40. The molecule has 0 aromatic heterocycles. The highest BCUT2D eigenvalue weighted by atomic mass is 16.6. The molecule has 24 heavy (non-hydrogen) atoms. The van der Waals surface area contributed by atoms with Crippen molar-refractivity contribution in [3.05, 3.63) is 29.8 Å². The molecule has 1 aliphatic heterocycles. The summed E-state index contributed by atoms with van der Waals surface area (Å²) in [4.78, 5) is 14.2. The topological polar surface area (TPSA) is 76.8 Å². The van der Waals surface area contributed by atoms with E-state index in [1.54, 1.807) is 7.11 Å². The van der Waals surface area contributed by atoms with Crippen LogP contribution in [0.3, 0.4) is 0 Å². The zero-order valence-corrected chi connectivity index (χ0v) is 15.0. The van der Waals surface area contributed by atoms with Gasteiger partial charge in [-0.2, -0.15) is 0 Å². The fourth-order valence-corrected chi connectivity index (χ4v) is 2.98. The summed E-state index contributed by atoms with van der Waals surface area (Å²) in [7, 11) is 1.66. The molecule has 6 heteroatoms. The van der Waals surface area contributed by atoms with Gasteiger partial charge in [-0.1, -0.05) is 12.1 Å². The molecule has 1 aromatic carbocycles. The molecule has 0 bridgehead atoms. The zero-order valence-electron chi connectivity index (χ0n) is 15.0. The third-order valence-electron chi connectivity index (χ3n) is 4.11. The third kappa shape index (κ3) is 5.11. The molecule has 2 rings (SSSR count). The van der Waals surface area contributed by atoms with E-state index in [1.165, 1.54) is 0 Å². The smallest absolute Gasteiger partial charge is 0.407 e. The van der Waals surface area contributed by atoms with Gasteiger partial charge in [0.15, 0.2) is 0 Å². The number of alkyl carbamates (subject to hydrolysis) is 1. The molecular weight excluding hydrogens is 306 g/mol. The Morgan fingerprint density at radius 2 is 2.04 bits per heavy atom. The van der Waals surface area contributed by atoms with E-state index in [0.717, 1.165) is 30.8 Å². The average molecular weight is 335 g/mol. The van der Waals surface area contributed by atoms with Crippen molar-refractivity contribution in [2.75, 3.05) is 26.7 Å². The van der Waals surface area contributed by atoms with Crippen molar-refractivity contribution >= 4 is 6.09 Å². The molecule has 3 N–H and O–H groups in total. The van der Waals surface area contributed by atoms with Crippen molar-refractivity contribution in [1.82, 2.24) is 10.2 Å². The van der Waals surface area contributed by atoms with E-state index in [-0.39, 0.29) is 18.2 Å². The van der Waals surface area contributed by atoms with Crippen LogP contribution in [0.25, 0.3) is 0 Å². The molecule has 0 saturated carbocycles. The summed E-state index contributed by atoms with van der Waals surface area (Å²) in [5, 5.41) is 2.95. The first-order chi connectivity index (χ1) is 11.3. The minimum atomic E-state index is -0.481. The van der Waals surface area contributed by atoms with Crippen LogP contribution in [-0.2, 0) is 4.74 Å². The van der Waals surface area contributed by atoms with Crippen molar-refractivity contribution in [3.63, 3.8) is 0 Å². The Hall–Kier alpha value is -1.79. The predicted molar refractivity (Wildman–Crippen MR) is 94.1 cm³/mol. The van der Waals surface area contributed by atoms with Gasteiger partial charge in [0, 0.05) is 31.7 Å². The van der Waals surface area contributed by atoms with Crippen LogP contribution >= 0.6 is 0 Å². The zero-order chi connectivity index (χ0) is 17.7.